The van der Waals surface area contributed by atoms with Crippen LogP contribution in [0.3, 0.4) is 0 Å². The Kier molecular flexibility index (Phi) is 4.97. The molecule has 1 aliphatic rings. The molecule has 1 heterocycles. The summed E-state index contributed by atoms with van der Waals surface area (Å²) in [6, 6.07) is 8.74. The molecule has 8 heteroatoms. The van der Waals surface area contributed by atoms with E-state index < -0.39 is 17.5 Å². The fraction of sp³-hybridized carbons (Fsp3) is 0.412. The third-order valence-electron chi connectivity index (χ3n) is 4.36. The molecule has 0 spiro atoms. The van der Waals surface area contributed by atoms with Gasteiger partial charge in [0.2, 0.25) is 11.8 Å². The molecule has 0 bridgehead atoms. The average Bonchev–Trinajstić information content (AvgIpc) is 3.10. The lowest BCUT2D eigenvalue weighted by Gasteiger charge is -2.33. The van der Waals surface area contributed by atoms with Crippen LogP contribution in [0.15, 0.2) is 34.7 Å². The van der Waals surface area contributed by atoms with E-state index >= 15 is 0 Å². The minimum atomic E-state index is -1.19. The first-order valence-electron chi connectivity index (χ1n) is 8.26. The summed E-state index contributed by atoms with van der Waals surface area (Å²) in [6.45, 7) is 0.0291. The van der Waals surface area contributed by atoms with E-state index in [0.717, 1.165) is 24.8 Å². The van der Waals surface area contributed by atoms with Gasteiger partial charge in [-0.05, 0) is 25.0 Å². The zero-order chi connectivity index (χ0) is 17.7. The maximum Gasteiger partial charge on any atom is 0.329 e. The van der Waals surface area contributed by atoms with E-state index in [1.165, 1.54) is 0 Å². The molecule has 0 saturated heterocycles. The molecule has 0 unspecified atom stereocenters. The zero-order valence-corrected chi connectivity index (χ0v) is 13.7. The van der Waals surface area contributed by atoms with Gasteiger partial charge in [-0.2, -0.15) is 0 Å². The van der Waals surface area contributed by atoms with Crippen molar-refractivity contribution in [3.05, 3.63) is 36.2 Å². The number of carbonyl (C=O) groups excluding carboxylic acids is 1. The molecule has 0 atom stereocenters. The number of carbonyl (C=O) groups is 2. The Morgan fingerprint density at radius 2 is 1.84 bits per heavy atom. The number of aromatic nitrogens is 2. The van der Waals surface area contributed by atoms with Gasteiger partial charge in [0.1, 0.15) is 5.54 Å². The highest BCUT2D eigenvalue weighted by Crippen LogP contribution is 2.28. The smallest absolute Gasteiger partial charge is 0.329 e. The molecule has 3 rings (SSSR count). The van der Waals surface area contributed by atoms with Crippen LogP contribution in [0, 0.1) is 0 Å². The van der Waals surface area contributed by atoms with Crippen molar-refractivity contribution in [1.82, 2.24) is 20.8 Å². The molecule has 2 aromatic rings. The zero-order valence-electron chi connectivity index (χ0n) is 13.7. The van der Waals surface area contributed by atoms with Crippen LogP contribution < -0.4 is 10.6 Å². The Bertz CT molecular complexity index is 738. The number of benzene rings is 1. The first kappa shape index (κ1) is 16.9. The summed E-state index contributed by atoms with van der Waals surface area (Å²) < 4.78 is 5.50. The topological polar surface area (TPSA) is 117 Å². The number of carboxylic acids is 1. The van der Waals surface area contributed by atoms with E-state index in [9.17, 15) is 14.7 Å². The Labute approximate surface area is 144 Å². The van der Waals surface area contributed by atoms with Crippen molar-refractivity contribution in [2.45, 2.75) is 44.2 Å². The molecule has 0 radical (unpaired) electrons. The summed E-state index contributed by atoms with van der Waals surface area (Å²) >= 11 is 0. The van der Waals surface area contributed by atoms with Gasteiger partial charge in [-0.1, -0.05) is 37.5 Å². The van der Waals surface area contributed by atoms with Crippen LogP contribution in [-0.2, 0) is 11.3 Å². The van der Waals surface area contributed by atoms with Gasteiger partial charge < -0.3 is 20.2 Å². The number of nitrogens with zero attached hydrogens (tertiary/aromatic N) is 2. The lowest BCUT2D eigenvalue weighted by atomic mass is 9.82. The summed E-state index contributed by atoms with van der Waals surface area (Å²) in [5.74, 6) is -0.374. The number of rotatable bonds is 5. The van der Waals surface area contributed by atoms with Crippen molar-refractivity contribution in [2.24, 2.45) is 0 Å². The van der Waals surface area contributed by atoms with Gasteiger partial charge in [0.25, 0.3) is 0 Å². The van der Waals surface area contributed by atoms with Crippen molar-refractivity contribution in [3.8, 4) is 11.5 Å². The van der Waals surface area contributed by atoms with Crippen LogP contribution in [0.2, 0.25) is 0 Å². The molecular formula is C17H20N4O4. The summed E-state index contributed by atoms with van der Waals surface area (Å²) in [6.07, 6.45) is 3.44. The normalized spacial score (nSPS) is 16.2. The number of carboxylic acid groups (broad SMARTS) is 1. The van der Waals surface area contributed by atoms with Crippen molar-refractivity contribution in [1.29, 1.82) is 0 Å². The maximum absolute atomic E-state index is 12.1. The van der Waals surface area contributed by atoms with E-state index in [1.54, 1.807) is 0 Å². The Morgan fingerprint density at radius 1 is 1.12 bits per heavy atom. The fourth-order valence-corrected chi connectivity index (χ4v) is 2.99. The van der Waals surface area contributed by atoms with E-state index in [0.29, 0.717) is 18.7 Å². The molecule has 1 aliphatic carbocycles. The Hall–Kier alpha value is -2.90. The minimum absolute atomic E-state index is 0.0291. The summed E-state index contributed by atoms with van der Waals surface area (Å²) in [5, 5.41) is 22.5. The largest absolute Gasteiger partial charge is 0.480 e. The average molecular weight is 344 g/mol. The number of nitrogens with one attached hydrogen (secondary N) is 2. The van der Waals surface area contributed by atoms with Gasteiger partial charge in [-0.25, -0.2) is 9.59 Å². The van der Waals surface area contributed by atoms with Crippen LogP contribution in [0.25, 0.3) is 11.5 Å². The second-order valence-corrected chi connectivity index (χ2v) is 6.12. The highest BCUT2D eigenvalue weighted by Gasteiger charge is 2.40. The SMILES string of the molecule is O=C(NCc1nnc(-c2ccccc2)o1)NC1(C(=O)O)CCCCC1. The summed E-state index contributed by atoms with van der Waals surface area (Å²) in [7, 11) is 0. The van der Waals surface area contributed by atoms with E-state index in [2.05, 4.69) is 20.8 Å². The fourth-order valence-electron chi connectivity index (χ4n) is 2.99. The van der Waals surface area contributed by atoms with E-state index in [-0.39, 0.29) is 12.4 Å². The van der Waals surface area contributed by atoms with Crippen LogP contribution in [0.4, 0.5) is 4.79 Å². The molecule has 1 saturated carbocycles. The van der Waals surface area contributed by atoms with Gasteiger partial charge in [0, 0.05) is 5.56 Å². The number of hydrogen-bond acceptors (Lipinski definition) is 5. The predicted octanol–water partition coefficient (Wildman–Crippen LogP) is 2.32. The molecule has 0 aliphatic heterocycles. The minimum Gasteiger partial charge on any atom is -0.480 e. The first-order chi connectivity index (χ1) is 12.1. The highest BCUT2D eigenvalue weighted by molar-refractivity contribution is 5.86. The number of aliphatic carboxylic acids is 1. The number of urea groups is 1. The maximum atomic E-state index is 12.1. The van der Waals surface area contributed by atoms with Gasteiger partial charge in [0.05, 0.1) is 6.54 Å². The number of amides is 2. The second-order valence-electron chi connectivity index (χ2n) is 6.12. The predicted molar refractivity (Wildman–Crippen MR) is 88.6 cm³/mol. The van der Waals surface area contributed by atoms with Gasteiger partial charge in [-0.15, -0.1) is 10.2 Å². The molecule has 25 heavy (non-hydrogen) atoms. The highest BCUT2D eigenvalue weighted by atomic mass is 16.4. The molecule has 1 fully saturated rings. The van der Waals surface area contributed by atoms with Crippen molar-refractivity contribution < 1.29 is 19.1 Å². The molecule has 3 N–H and O–H groups in total. The van der Waals surface area contributed by atoms with Gasteiger partial charge in [-0.3, -0.25) is 0 Å². The van der Waals surface area contributed by atoms with E-state index in [4.69, 9.17) is 4.42 Å². The molecule has 1 aromatic heterocycles. The van der Waals surface area contributed by atoms with Crippen molar-refractivity contribution in [2.75, 3.05) is 0 Å². The summed E-state index contributed by atoms with van der Waals surface area (Å²) in [4.78, 5) is 23.7. The standard InChI is InChI=1S/C17H20N4O4/c22-15(23)17(9-5-2-6-10-17)19-16(24)18-11-13-20-21-14(25-13)12-7-3-1-4-8-12/h1,3-4,7-8H,2,5-6,9-11H2,(H,22,23)(H2,18,19,24). The summed E-state index contributed by atoms with van der Waals surface area (Å²) in [5.41, 5.74) is -0.399. The van der Waals surface area contributed by atoms with Crippen LogP contribution in [-0.4, -0.2) is 32.8 Å². The monoisotopic (exact) mass is 344 g/mol. The van der Waals surface area contributed by atoms with E-state index in [1.807, 2.05) is 30.3 Å². The van der Waals surface area contributed by atoms with Gasteiger partial charge >= 0.3 is 12.0 Å². The third kappa shape index (κ3) is 3.96. The molecular weight excluding hydrogens is 324 g/mol. The molecule has 1 aromatic carbocycles. The van der Waals surface area contributed by atoms with Crippen molar-refractivity contribution >= 4 is 12.0 Å². The van der Waals surface area contributed by atoms with Crippen molar-refractivity contribution in [3.63, 3.8) is 0 Å². The second kappa shape index (κ2) is 7.33. The molecule has 132 valence electrons. The lowest BCUT2D eigenvalue weighted by molar-refractivity contribution is -0.145. The molecule has 2 amide bonds. The molecule has 8 nitrogen and oxygen atoms in total. The van der Waals surface area contributed by atoms with Gasteiger partial charge in [0.15, 0.2) is 0 Å². The lowest BCUT2D eigenvalue weighted by Crippen LogP contribution is -2.57. The number of hydrogen-bond donors (Lipinski definition) is 3. The van der Waals surface area contributed by atoms with Crippen LogP contribution in [0.5, 0.6) is 0 Å². The van der Waals surface area contributed by atoms with Crippen LogP contribution in [0.1, 0.15) is 38.0 Å². The quantitative estimate of drug-likeness (QED) is 0.766. The first-order valence-corrected chi connectivity index (χ1v) is 8.26. The van der Waals surface area contributed by atoms with Crippen LogP contribution >= 0.6 is 0 Å². The third-order valence-corrected chi connectivity index (χ3v) is 4.36. The Balaban J connectivity index is 1.57. The Morgan fingerprint density at radius 3 is 2.52 bits per heavy atom.